The van der Waals surface area contributed by atoms with E-state index in [1.165, 1.54) is 5.56 Å². The highest BCUT2D eigenvalue weighted by Crippen LogP contribution is 2.26. The van der Waals surface area contributed by atoms with E-state index in [9.17, 15) is 4.79 Å². The fourth-order valence-electron chi connectivity index (χ4n) is 3.60. The summed E-state index contributed by atoms with van der Waals surface area (Å²) in [5.74, 6) is 1.18. The maximum Gasteiger partial charge on any atom is 0.272 e. The first-order valence-electron chi connectivity index (χ1n) is 9.45. The van der Waals surface area contributed by atoms with Gasteiger partial charge in [-0.05, 0) is 37.2 Å². The summed E-state index contributed by atoms with van der Waals surface area (Å²) in [7, 11) is 0. The fraction of sp³-hybridized carbons (Fsp3) is 0.400. The third-order valence-corrected chi connectivity index (χ3v) is 5.19. The van der Waals surface area contributed by atoms with Gasteiger partial charge < -0.3 is 9.88 Å². The summed E-state index contributed by atoms with van der Waals surface area (Å²) in [6, 6.07) is 10.3. The lowest BCUT2D eigenvalue weighted by Crippen LogP contribution is -2.27. The Bertz CT molecular complexity index is 914. The number of H-pyrrole nitrogens is 1. The first-order valence-corrected chi connectivity index (χ1v) is 9.45. The van der Waals surface area contributed by atoms with Gasteiger partial charge in [0.25, 0.3) is 5.91 Å². The summed E-state index contributed by atoms with van der Waals surface area (Å²) >= 11 is 0. The van der Waals surface area contributed by atoms with Crippen molar-refractivity contribution in [3.05, 3.63) is 65.0 Å². The van der Waals surface area contributed by atoms with Crippen LogP contribution in [0.25, 0.3) is 0 Å². The summed E-state index contributed by atoms with van der Waals surface area (Å²) in [5.41, 5.74) is 3.95. The van der Waals surface area contributed by atoms with Crippen LogP contribution in [0.5, 0.6) is 0 Å². The molecule has 2 heterocycles. The second kappa shape index (κ2) is 7.73. The van der Waals surface area contributed by atoms with E-state index in [4.69, 9.17) is 0 Å². The van der Waals surface area contributed by atoms with E-state index in [1.807, 2.05) is 22.8 Å². The van der Waals surface area contributed by atoms with Crippen LogP contribution in [0.2, 0.25) is 0 Å². The van der Waals surface area contributed by atoms with Crippen molar-refractivity contribution >= 4 is 5.91 Å². The quantitative estimate of drug-likeness (QED) is 0.702. The number of benzene rings is 1. The average Bonchev–Trinajstić information content (AvgIpc) is 3.31. The highest BCUT2D eigenvalue weighted by Gasteiger charge is 2.24. The summed E-state index contributed by atoms with van der Waals surface area (Å²) in [6.07, 6.45) is 5.61. The second-order valence-corrected chi connectivity index (χ2v) is 7.24. The van der Waals surface area contributed by atoms with Crippen molar-refractivity contribution in [2.45, 2.75) is 45.7 Å². The number of hydrogen-bond acceptors (Lipinski definition) is 4. The fourth-order valence-corrected chi connectivity index (χ4v) is 3.60. The Balaban J connectivity index is 1.38. The number of fused-ring (bicyclic) bond motifs is 1. The molecule has 1 aliphatic rings. The number of carbonyl (C=O) groups is 1. The number of hydrogen-bond donors (Lipinski definition) is 2. The van der Waals surface area contributed by atoms with Crippen LogP contribution in [0.4, 0.5) is 0 Å². The number of carbonyl (C=O) groups excluding carboxylic acids is 1. The van der Waals surface area contributed by atoms with Crippen molar-refractivity contribution < 1.29 is 4.79 Å². The predicted octanol–water partition coefficient (Wildman–Crippen LogP) is 2.30. The minimum absolute atomic E-state index is 0.154. The van der Waals surface area contributed by atoms with Crippen LogP contribution in [-0.4, -0.2) is 30.9 Å². The maximum absolute atomic E-state index is 12.6. The standard InChI is InChI=1S/C20H24N6O/c1-14-7-8-17-16(11-14)19(25-23-17)20(27)21-12-18-24-22-13-26(18)10-9-15-5-3-2-4-6-15/h2-6,13-14H,7-12H2,1H3,(H,21,27)(H,23,25)/t14-/m1/s1. The van der Waals surface area contributed by atoms with Crippen LogP contribution in [0, 0.1) is 5.92 Å². The molecule has 27 heavy (non-hydrogen) atoms. The zero-order chi connectivity index (χ0) is 18.6. The van der Waals surface area contributed by atoms with E-state index in [-0.39, 0.29) is 5.91 Å². The molecule has 1 aliphatic carbocycles. The number of nitrogens with one attached hydrogen (secondary N) is 2. The van der Waals surface area contributed by atoms with Gasteiger partial charge in [0.15, 0.2) is 11.5 Å². The van der Waals surface area contributed by atoms with Gasteiger partial charge in [-0.15, -0.1) is 10.2 Å². The molecule has 0 saturated heterocycles. The van der Waals surface area contributed by atoms with E-state index in [1.54, 1.807) is 6.33 Å². The largest absolute Gasteiger partial charge is 0.343 e. The smallest absolute Gasteiger partial charge is 0.272 e. The molecule has 0 unspecified atom stereocenters. The van der Waals surface area contributed by atoms with Gasteiger partial charge in [0.05, 0.1) is 6.54 Å². The number of aromatic amines is 1. The van der Waals surface area contributed by atoms with Crippen LogP contribution >= 0.6 is 0 Å². The summed E-state index contributed by atoms with van der Waals surface area (Å²) in [5, 5.41) is 18.4. The molecule has 0 saturated carbocycles. The van der Waals surface area contributed by atoms with E-state index in [0.717, 1.165) is 49.3 Å². The zero-order valence-corrected chi connectivity index (χ0v) is 15.5. The Morgan fingerprint density at radius 2 is 2.19 bits per heavy atom. The summed E-state index contributed by atoms with van der Waals surface area (Å²) in [6.45, 7) is 3.33. The van der Waals surface area contributed by atoms with Gasteiger partial charge in [-0.25, -0.2) is 0 Å². The molecule has 2 N–H and O–H groups in total. The van der Waals surface area contributed by atoms with Crippen molar-refractivity contribution in [3.63, 3.8) is 0 Å². The topological polar surface area (TPSA) is 88.5 Å². The van der Waals surface area contributed by atoms with Gasteiger partial charge in [-0.2, -0.15) is 5.10 Å². The third kappa shape index (κ3) is 3.92. The van der Waals surface area contributed by atoms with Crippen LogP contribution in [-0.2, 0) is 32.4 Å². The minimum atomic E-state index is -0.154. The Kier molecular flexibility index (Phi) is 5.00. The molecule has 2 aromatic heterocycles. The van der Waals surface area contributed by atoms with E-state index < -0.39 is 0 Å². The third-order valence-electron chi connectivity index (χ3n) is 5.19. The first kappa shape index (κ1) is 17.5. The molecule has 3 aromatic rings. The summed E-state index contributed by atoms with van der Waals surface area (Å²) in [4.78, 5) is 12.6. The summed E-state index contributed by atoms with van der Waals surface area (Å²) < 4.78 is 1.98. The zero-order valence-electron chi connectivity index (χ0n) is 15.5. The monoisotopic (exact) mass is 364 g/mol. The Morgan fingerprint density at radius 3 is 3.04 bits per heavy atom. The lowest BCUT2D eigenvalue weighted by molar-refractivity contribution is 0.0943. The number of nitrogens with zero attached hydrogens (tertiary/aromatic N) is 4. The van der Waals surface area contributed by atoms with Crippen LogP contribution in [0.1, 0.15) is 46.5 Å². The minimum Gasteiger partial charge on any atom is -0.343 e. The van der Waals surface area contributed by atoms with Crippen LogP contribution < -0.4 is 5.32 Å². The molecule has 7 nitrogen and oxygen atoms in total. The molecule has 0 bridgehead atoms. The van der Waals surface area contributed by atoms with Crippen molar-refractivity contribution in [2.75, 3.05) is 0 Å². The van der Waals surface area contributed by atoms with Gasteiger partial charge in [-0.3, -0.25) is 9.89 Å². The van der Waals surface area contributed by atoms with Crippen molar-refractivity contribution in [2.24, 2.45) is 5.92 Å². The normalized spacial score (nSPS) is 16.1. The molecule has 0 aliphatic heterocycles. The highest BCUT2D eigenvalue weighted by atomic mass is 16.1. The number of amides is 1. The SMILES string of the molecule is C[C@@H]1CCc2[nH]nc(C(=O)NCc3nncn3CCc3ccccc3)c2C1. The average molecular weight is 364 g/mol. The lowest BCUT2D eigenvalue weighted by Gasteiger charge is -2.18. The molecule has 0 radical (unpaired) electrons. The number of rotatable bonds is 6. The molecule has 7 heteroatoms. The Morgan fingerprint density at radius 1 is 1.33 bits per heavy atom. The van der Waals surface area contributed by atoms with Gasteiger partial charge in [0.2, 0.25) is 0 Å². The van der Waals surface area contributed by atoms with E-state index in [2.05, 4.69) is 44.8 Å². The van der Waals surface area contributed by atoms with Crippen LogP contribution in [0.3, 0.4) is 0 Å². The van der Waals surface area contributed by atoms with E-state index >= 15 is 0 Å². The molecular formula is C20H24N6O. The molecule has 0 fully saturated rings. The van der Waals surface area contributed by atoms with Crippen molar-refractivity contribution in [1.29, 1.82) is 0 Å². The molecular weight excluding hydrogens is 340 g/mol. The Labute approximate surface area is 158 Å². The van der Waals surface area contributed by atoms with Gasteiger partial charge >= 0.3 is 0 Å². The predicted molar refractivity (Wildman–Crippen MR) is 101 cm³/mol. The Hall–Kier alpha value is -2.96. The van der Waals surface area contributed by atoms with Crippen molar-refractivity contribution in [3.8, 4) is 0 Å². The number of aryl methyl sites for hydroxylation is 3. The second-order valence-electron chi connectivity index (χ2n) is 7.24. The van der Waals surface area contributed by atoms with Crippen molar-refractivity contribution in [1.82, 2.24) is 30.3 Å². The lowest BCUT2D eigenvalue weighted by atomic mass is 9.88. The molecule has 1 atom stereocenters. The van der Waals surface area contributed by atoms with Gasteiger partial charge in [0, 0.05) is 17.8 Å². The maximum atomic E-state index is 12.6. The molecule has 140 valence electrons. The molecule has 1 aromatic carbocycles. The van der Waals surface area contributed by atoms with E-state index in [0.29, 0.717) is 18.2 Å². The van der Waals surface area contributed by atoms with Crippen LogP contribution in [0.15, 0.2) is 36.7 Å². The van der Waals surface area contributed by atoms with Gasteiger partial charge in [-0.1, -0.05) is 37.3 Å². The molecule has 0 spiro atoms. The molecule has 1 amide bonds. The van der Waals surface area contributed by atoms with Gasteiger partial charge in [0.1, 0.15) is 6.33 Å². The molecule has 4 rings (SSSR count). The highest BCUT2D eigenvalue weighted by molar-refractivity contribution is 5.93. The first-order chi connectivity index (χ1) is 13.2. The number of aromatic nitrogens is 5.